The van der Waals surface area contributed by atoms with E-state index in [0.29, 0.717) is 19.4 Å². The largest absolute Gasteiger partial charge is 0.481 e. The molecule has 1 aliphatic carbocycles. The molecule has 110 valence electrons. The molecule has 1 fully saturated rings. The van der Waals surface area contributed by atoms with Crippen LogP contribution in [-0.4, -0.2) is 29.7 Å². The van der Waals surface area contributed by atoms with Crippen LogP contribution < -0.4 is 5.32 Å². The van der Waals surface area contributed by atoms with Crippen LogP contribution in [0.25, 0.3) is 0 Å². The number of thiophene rings is 1. The van der Waals surface area contributed by atoms with Gasteiger partial charge in [-0.05, 0) is 37.1 Å². The fourth-order valence-corrected chi connectivity index (χ4v) is 2.96. The maximum atomic E-state index is 11.6. The van der Waals surface area contributed by atoms with E-state index in [4.69, 9.17) is 9.84 Å². The zero-order chi connectivity index (χ0) is 14.4. The van der Waals surface area contributed by atoms with Gasteiger partial charge < -0.3 is 15.2 Å². The van der Waals surface area contributed by atoms with E-state index < -0.39 is 5.97 Å². The standard InChI is InChI=1S/C14H19NO4S/c16-13(15-8-12-2-1-7-20-12)9-19-11-5-3-10(4-6-11)14(17)18/h1-2,7,10-11H,3-6,8-9H2,(H,15,16)(H,17,18). The molecule has 1 heterocycles. The second-order valence-electron chi connectivity index (χ2n) is 4.98. The van der Waals surface area contributed by atoms with E-state index in [-0.39, 0.29) is 24.5 Å². The first-order valence-corrected chi connectivity index (χ1v) is 7.66. The predicted octanol–water partition coefficient (Wildman–Crippen LogP) is 2.02. The van der Waals surface area contributed by atoms with Crippen molar-refractivity contribution >= 4 is 23.2 Å². The van der Waals surface area contributed by atoms with Crippen LogP contribution in [0.4, 0.5) is 0 Å². The molecule has 0 saturated heterocycles. The van der Waals surface area contributed by atoms with Gasteiger partial charge in [-0.1, -0.05) is 6.07 Å². The molecule has 1 aromatic rings. The molecule has 0 aliphatic heterocycles. The first-order valence-electron chi connectivity index (χ1n) is 6.78. The first-order chi connectivity index (χ1) is 9.65. The lowest BCUT2D eigenvalue weighted by Gasteiger charge is -2.25. The van der Waals surface area contributed by atoms with Gasteiger partial charge in [-0.3, -0.25) is 9.59 Å². The van der Waals surface area contributed by atoms with Crippen LogP contribution in [0.3, 0.4) is 0 Å². The van der Waals surface area contributed by atoms with Crippen LogP contribution >= 0.6 is 11.3 Å². The van der Waals surface area contributed by atoms with Gasteiger partial charge in [0.15, 0.2) is 0 Å². The molecule has 1 aromatic heterocycles. The number of aliphatic carboxylic acids is 1. The van der Waals surface area contributed by atoms with Crippen molar-refractivity contribution in [2.24, 2.45) is 5.92 Å². The molecule has 0 radical (unpaired) electrons. The van der Waals surface area contributed by atoms with E-state index in [0.717, 1.165) is 17.7 Å². The maximum Gasteiger partial charge on any atom is 0.306 e. The summed E-state index contributed by atoms with van der Waals surface area (Å²) in [5.74, 6) is -1.10. The summed E-state index contributed by atoms with van der Waals surface area (Å²) < 4.78 is 5.54. The molecule has 2 N–H and O–H groups in total. The molecule has 0 spiro atoms. The molecule has 6 heteroatoms. The lowest BCUT2D eigenvalue weighted by atomic mass is 9.87. The topological polar surface area (TPSA) is 75.6 Å². The first kappa shape index (κ1) is 15.0. The molecule has 0 bridgehead atoms. The van der Waals surface area contributed by atoms with Gasteiger partial charge >= 0.3 is 5.97 Å². The van der Waals surface area contributed by atoms with Crippen molar-refractivity contribution in [2.75, 3.05) is 6.61 Å². The monoisotopic (exact) mass is 297 g/mol. The van der Waals surface area contributed by atoms with Gasteiger partial charge in [0.2, 0.25) is 5.91 Å². The smallest absolute Gasteiger partial charge is 0.306 e. The average Bonchev–Trinajstić information content (AvgIpc) is 2.96. The van der Waals surface area contributed by atoms with Gasteiger partial charge in [-0.15, -0.1) is 11.3 Å². The van der Waals surface area contributed by atoms with Gasteiger partial charge in [0, 0.05) is 4.88 Å². The van der Waals surface area contributed by atoms with Crippen LogP contribution in [0.15, 0.2) is 17.5 Å². The lowest BCUT2D eigenvalue weighted by molar-refractivity contribution is -0.144. The number of rotatable bonds is 6. The normalized spacial score (nSPS) is 22.4. The number of carbonyl (C=O) groups excluding carboxylic acids is 1. The Bertz CT molecular complexity index is 438. The van der Waals surface area contributed by atoms with Gasteiger partial charge in [0.1, 0.15) is 6.61 Å². The van der Waals surface area contributed by atoms with Crippen molar-refractivity contribution in [1.82, 2.24) is 5.32 Å². The van der Waals surface area contributed by atoms with Crippen LogP contribution in [0.2, 0.25) is 0 Å². The number of hydrogen-bond acceptors (Lipinski definition) is 4. The summed E-state index contributed by atoms with van der Waals surface area (Å²) in [5.41, 5.74) is 0. The third-order valence-electron chi connectivity index (χ3n) is 3.51. The Morgan fingerprint density at radius 1 is 1.35 bits per heavy atom. The Morgan fingerprint density at radius 3 is 2.70 bits per heavy atom. The Labute approximate surface area is 121 Å². The molecule has 20 heavy (non-hydrogen) atoms. The molecule has 5 nitrogen and oxygen atoms in total. The van der Waals surface area contributed by atoms with Crippen molar-refractivity contribution in [2.45, 2.75) is 38.3 Å². The second kappa shape index (κ2) is 7.40. The average molecular weight is 297 g/mol. The van der Waals surface area contributed by atoms with E-state index in [1.54, 1.807) is 11.3 Å². The Hall–Kier alpha value is -1.40. The molecule has 0 unspecified atom stereocenters. The summed E-state index contributed by atoms with van der Waals surface area (Å²) in [5, 5.41) is 13.7. The zero-order valence-corrected chi connectivity index (χ0v) is 12.0. The maximum absolute atomic E-state index is 11.6. The van der Waals surface area contributed by atoms with E-state index in [9.17, 15) is 9.59 Å². The third kappa shape index (κ3) is 4.61. The van der Waals surface area contributed by atoms with Gasteiger partial charge in [-0.2, -0.15) is 0 Å². The number of carboxylic acids is 1. The second-order valence-corrected chi connectivity index (χ2v) is 6.01. The van der Waals surface area contributed by atoms with Crippen LogP contribution in [0, 0.1) is 5.92 Å². The van der Waals surface area contributed by atoms with Crippen LogP contribution in [0.1, 0.15) is 30.6 Å². The van der Waals surface area contributed by atoms with Gasteiger partial charge in [-0.25, -0.2) is 0 Å². The molecule has 0 atom stereocenters. The summed E-state index contributed by atoms with van der Waals surface area (Å²) in [6.45, 7) is 0.583. The molecule has 2 rings (SSSR count). The lowest BCUT2D eigenvalue weighted by Crippen LogP contribution is -2.31. The minimum atomic E-state index is -0.725. The molecule has 1 aliphatic rings. The SMILES string of the molecule is O=C(COC1CCC(C(=O)O)CC1)NCc1cccs1. The number of carboxylic acid groups (broad SMARTS) is 1. The molecular weight excluding hydrogens is 278 g/mol. The molecule has 1 amide bonds. The minimum absolute atomic E-state index is 0.0121. The summed E-state index contributed by atoms with van der Waals surface area (Å²) >= 11 is 1.60. The number of ether oxygens (including phenoxy) is 1. The summed E-state index contributed by atoms with van der Waals surface area (Å²) in [4.78, 5) is 23.6. The zero-order valence-electron chi connectivity index (χ0n) is 11.2. The summed E-state index contributed by atoms with van der Waals surface area (Å²) in [6, 6.07) is 3.92. The summed E-state index contributed by atoms with van der Waals surface area (Å²) in [6.07, 6.45) is 2.72. The van der Waals surface area contributed by atoms with E-state index >= 15 is 0 Å². The molecule has 1 saturated carbocycles. The highest BCUT2D eigenvalue weighted by Gasteiger charge is 2.26. The van der Waals surface area contributed by atoms with Crippen molar-refractivity contribution in [3.8, 4) is 0 Å². The number of amides is 1. The summed E-state index contributed by atoms with van der Waals surface area (Å²) in [7, 11) is 0. The highest BCUT2D eigenvalue weighted by molar-refractivity contribution is 7.09. The van der Waals surface area contributed by atoms with Gasteiger partial charge in [0.05, 0.1) is 18.6 Å². The number of carbonyl (C=O) groups is 2. The fraction of sp³-hybridized carbons (Fsp3) is 0.571. The van der Waals surface area contributed by atoms with E-state index in [1.807, 2.05) is 17.5 Å². The van der Waals surface area contributed by atoms with Crippen molar-refractivity contribution in [3.05, 3.63) is 22.4 Å². The number of nitrogens with one attached hydrogen (secondary N) is 1. The Balaban J connectivity index is 1.61. The van der Waals surface area contributed by atoms with E-state index in [1.165, 1.54) is 0 Å². The Kier molecular flexibility index (Phi) is 5.55. The van der Waals surface area contributed by atoms with Gasteiger partial charge in [0.25, 0.3) is 0 Å². The Morgan fingerprint density at radius 2 is 2.10 bits per heavy atom. The number of hydrogen-bond donors (Lipinski definition) is 2. The fourth-order valence-electron chi connectivity index (χ4n) is 2.32. The minimum Gasteiger partial charge on any atom is -0.481 e. The predicted molar refractivity (Wildman–Crippen MR) is 75.5 cm³/mol. The third-order valence-corrected chi connectivity index (χ3v) is 4.39. The van der Waals surface area contributed by atoms with Crippen molar-refractivity contribution < 1.29 is 19.4 Å². The van der Waals surface area contributed by atoms with Crippen molar-refractivity contribution in [1.29, 1.82) is 0 Å². The highest BCUT2D eigenvalue weighted by atomic mass is 32.1. The van der Waals surface area contributed by atoms with Crippen LogP contribution in [-0.2, 0) is 20.9 Å². The van der Waals surface area contributed by atoms with Crippen molar-refractivity contribution in [3.63, 3.8) is 0 Å². The van der Waals surface area contributed by atoms with Crippen LogP contribution in [0.5, 0.6) is 0 Å². The molecular formula is C14H19NO4S. The highest BCUT2D eigenvalue weighted by Crippen LogP contribution is 2.26. The van der Waals surface area contributed by atoms with E-state index in [2.05, 4.69) is 5.32 Å². The quantitative estimate of drug-likeness (QED) is 0.842. The molecule has 0 aromatic carbocycles.